The van der Waals surface area contributed by atoms with E-state index in [-0.39, 0.29) is 12.5 Å². The summed E-state index contributed by atoms with van der Waals surface area (Å²) in [7, 11) is 0. The number of nitrogens with zero attached hydrogens (tertiary/aromatic N) is 5. The zero-order valence-electron chi connectivity index (χ0n) is 11.0. The lowest BCUT2D eigenvalue weighted by Crippen LogP contribution is -2.46. The molecule has 1 amide bonds. The smallest absolute Gasteiger partial charge is 0.244 e. The molecule has 1 aromatic rings. The van der Waals surface area contributed by atoms with Crippen LogP contribution in [0.3, 0.4) is 0 Å². The average molecular weight is 264 g/mol. The fraction of sp³-hybridized carbons (Fsp3) is 0.833. The zero-order chi connectivity index (χ0) is 13.1. The van der Waals surface area contributed by atoms with E-state index in [4.69, 9.17) is 0 Å². The molecule has 104 valence electrons. The predicted molar refractivity (Wildman–Crippen MR) is 68.1 cm³/mol. The molecule has 2 aliphatic heterocycles. The van der Waals surface area contributed by atoms with Crippen LogP contribution >= 0.6 is 0 Å². The molecule has 0 aromatic carbocycles. The van der Waals surface area contributed by atoms with Gasteiger partial charge in [0.1, 0.15) is 12.9 Å². The van der Waals surface area contributed by atoms with Crippen molar-refractivity contribution in [2.75, 3.05) is 19.6 Å². The molecule has 0 saturated carbocycles. The molecular formula is C12H20N6O. The molecule has 0 aliphatic carbocycles. The van der Waals surface area contributed by atoms with Crippen molar-refractivity contribution in [3.05, 3.63) is 6.33 Å². The van der Waals surface area contributed by atoms with Crippen molar-refractivity contribution in [1.29, 1.82) is 0 Å². The van der Waals surface area contributed by atoms with E-state index >= 15 is 0 Å². The number of likely N-dealkylation sites (tertiary alicyclic amines) is 1. The van der Waals surface area contributed by atoms with Gasteiger partial charge in [-0.15, -0.1) is 5.10 Å². The first-order chi connectivity index (χ1) is 9.33. The van der Waals surface area contributed by atoms with Crippen LogP contribution in [0.15, 0.2) is 6.33 Å². The van der Waals surface area contributed by atoms with E-state index < -0.39 is 0 Å². The quantitative estimate of drug-likeness (QED) is 0.808. The maximum absolute atomic E-state index is 12.2. The topological polar surface area (TPSA) is 75.9 Å². The van der Waals surface area contributed by atoms with Gasteiger partial charge in [-0.2, -0.15) is 0 Å². The third kappa shape index (κ3) is 2.91. The Balaban J connectivity index is 1.56. The second-order valence-electron chi connectivity index (χ2n) is 5.45. The van der Waals surface area contributed by atoms with Crippen molar-refractivity contribution in [3.8, 4) is 0 Å². The van der Waals surface area contributed by atoms with Crippen LogP contribution < -0.4 is 5.32 Å². The van der Waals surface area contributed by atoms with Gasteiger partial charge in [-0.3, -0.25) is 4.79 Å². The Bertz CT molecular complexity index is 414. The van der Waals surface area contributed by atoms with Crippen LogP contribution in [0.25, 0.3) is 0 Å². The molecule has 1 aromatic heterocycles. The maximum atomic E-state index is 12.2. The molecule has 19 heavy (non-hydrogen) atoms. The minimum atomic E-state index is 0.120. The molecule has 0 spiro atoms. The SMILES string of the molecule is O=C(Cn1cnnn1)N1CCCC(C2CCCN2)C1. The summed E-state index contributed by atoms with van der Waals surface area (Å²) < 4.78 is 1.49. The van der Waals surface area contributed by atoms with Crippen LogP contribution in [0.2, 0.25) is 0 Å². The van der Waals surface area contributed by atoms with Gasteiger partial charge >= 0.3 is 0 Å². The molecule has 0 radical (unpaired) electrons. The van der Waals surface area contributed by atoms with Crippen LogP contribution in [0.1, 0.15) is 25.7 Å². The lowest BCUT2D eigenvalue weighted by Gasteiger charge is -2.35. The molecule has 2 unspecified atom stereocenters. The third-order valence-electron chi connectivity index (χ3n) is 4.17. The van der Waals surface area contributed by atoms with Crippen molar-refractivity contribution >= 4 is 5.91 Å². The number of piperidine rings is 1. The molecule has 2 fully saturated rings. The average Bonchev–Trinajstić information content (AvgIpc) is 3.12. The number of hydrogen-bond acceptors (Lipinski definition) is 5. The number of amides is 1. The van der Waals surface area contributed by atoms with E-state index in [2.05, 4.69) is 20.8 Å². The molecule has 3 rings (SSSR count). The summed E-state index contributed by atoms with van der Waals surface area (Å²) in [6.07, 6.45) is 6.33. The van der Waals surface area contributed by atoms with Crippen LogP contribution in [-0.2, 0) is 11.3 Å². The monoisotopic (exact) mass is 264 g/mol. The predicted octanol–water partition coefficient (Wildman–Crippen LogP) is -0.336. The first kappa shape index (κ1) is 12.5. The van der Waals surface area contributed by atoms with Crippen LogP contribution in [-0.4, -0.2) is 56.7 Å². The minimum Gasteiger partial charge on any atom is -0.341 e. The lowest BCUT2D eigenvalue weighted by molar-refractivity contribution is -0.134. The van der Waals surface area contributed by atoms with E-state index in [1.54, 1.807) is 0 Å². The largest absolute Gasteiger partial charge is 0.341 e. The summed E-state index contributed by atoms with van der Waals surface area (Å²) in [5, 5.41) is 14.4. The van der Waals surface area contributed by atoms with Crippen molar-refractivity contribution in [3.63, 3.8) is 0 Å². The Morgan fingerprint density at radius 1 is 1.37 bits per heavy atom. The van der Waals surface area contributed by atoms with Gasteiger partial charge in [0.2, 0.25) is 5.91 Å². The Hall–Kier alpha value is -1.50. The standard InChI is InChI=1S/C12H20N6O/c19-12(8-18-9-14-15-16-18)17-6-2-3-10(7-17)11-4-1-5-13-11/h9-11,13H,1-8H2. The van der Waals surface area contributed by atoms with Crippen LogP contribution in [0, 0.1) is 5.92 Å². The highest BCUT2D eigenvalue weighted by molar-refractivity contribution is 5.75. The van der Waals surface area contributed by atoms with Gasteiger partial charge in [0, 0.05) is 19.1 Å². The molecular weight excluding hydrogens is 244 g/mol. The van der Waals surface area contributed by atoms with E-state index in [1.807, 2.05) is 4.90 Å². The number of rotatable bonds is 3. The summed E-state index contributed by atoms with van der Waals surface area (Å²) in [5.41, 5.74) is 0. The van der Waals surface area contributed by atoms with Gasteiger partial charge in [0.25, 0.3) is 0 Å². The summed E-state index contributed by atoms with van der Waals surface area (Å²) in [4.78, 5) is 14.2. The summed E-state index contributed by atoms with van der Waals surface area (Å²) in [5.74, 6) is 0.726. The van der Waals surface area contributed by atoms with Gasteiger partial charge in [0.05, 0.1) is 0 Å². The molecule has 2 atom stereocenters. The first-order valence-corrected chi connectivity index (χ1v) is 7.05. The fourth-order valence-corrected chi connectivity index (χ4v) is 3.17. The third-order valence-corrected chi connectivity index (χ3v) is 4.17. The number of nitrogens with one attached hydrogen (secondary N) is 1. The highest BCUT2D eigenvalue weighted by Crippen LogP contribution is 2.24. The molecule has 7 nitrogen and oxygen atoms in total. The van der Waals surface area contributed by atoms with Gasteiger partial charge in [-0.05, 0) is 48.6 Å². The fourth-order valence-electron chi connectivity index (χ4n) is 3.17. The minimum absolute atomic E-state index is 0.120. The van der Waals surface area contributed by atoms with Crippen LogP contribution in [0.5, 0.6) is 0 Å². The van der Waals surface area contributed by atoms with Crippen molar-refractivity contribution in [2.45, 2.75) is 38.3 Å². The van der Waals surface area contributed by atoms with Crippen molar-refractivity contribution < 1.29 is 4.79 Å². The maximum Gasteiger partial charge on any atom is 0.244 e. The van der Waals surface area contributed by atoms with Gasteiger partial charge < -0.3 is 10.2 Å². The number of aromatic nitrogens is 4. The van der Waals surface area contributed by atoms with E-state index in [0.717, 1.165) is 26.1 Å². The zero-order valence-corrected chi connectivity index (χ0v) is 11.0. The highest BCUT2D eigenvalue weighted by Gasteiger charge is 2.30. The van der Waals surface area contributed by atoms with Crippen LogP contribution in [0.4, 0.5) is 0 Å². The van der Waals surface area contributed by atoms with Gasteiger partial charge in [-0.1, -0.05) is 0 Å². The summed E-state index contributed by atoms with van der Waals surface area (Å²) in [6.45, 7) is 3.11. The molecule has 2 aliphatic rings. The van der Waals surface area contributed by atoms with E-state index in [0.29, 0.717) is 12.0 Å². The number of carbonyl (C=O) groups excluding carboxylic acids is 1. The number of tetrazole rings is 1. The molecule has 1 N–H and O–H groups in total. The molecule has 3 heterocycles. The Labute approximate surface area is 112 Å². The van der Waals surface area contributed by atoms with E-state index in [1.165, 1.54) is 30.3 Å². The van der Waals surface area contributed by atoms with Crippen molar-refractivity contribution in [2.24, 2.45) is 5.92 Å². The van der Waals surface area contributed by atoms with Crippen molar-refractivity contribution in [1.82, 2.24) is 30.4 Å². The van der Waals surface area contributed by atoms with Gasteiger partial charge in [-0.25, -0.2) is 4.68 Å². The number of hydrogen-bond donors (Lipinski definition) is 1. The summed E-state index contributed by atoms with van der Waals surface area (Å²) in [6, 6.07) is 0.601. The summed E-state index contributed by atoms with van der Waals surface area (Å²) >= 11 is 0. The molecule has 0 bridgehead atoms. The second-order valence-corrected chi connectivity index (χ2v) is 5.45. The van der Waals surface area contributed by atoms with E-state index in [9.17, 15) is 4.79 Å². The normalized spacial score (nSPS) is 27.7. The Kier molecular flexibility index (Phi) is 3.72. The second kappa shape index (κ2) is 5.64. The lowest BCUT2D eigenvalue weighted by atomic mass is 9.90. The molecule has 2 saturated heterocycles. The number of carbonyl (C=O) groups is 1. The first-order valence-electron chi connectivity index (χ1n) is 7.05. The Morgan fingerprint density at radius 3 is 3.05 bits per heavy atom. The van der Waals surface area contributed by atoms with Gasteiger partial charge in [0.15, 0.2) is 0 Å². The molecule has 7 heteroatoms. The highest BCUT2D eigenvalue weighted by atomic mass is 16.2. The Morgan fingerprint density at radius 2 is 2.32 bits per heavy atom.